The predicted molar refractivity (Wildman–Crippen MR) is 53.6 cm³/mol. The Bertz CT molecular complexity index is 233. The molecule has 0 aliphatic carbocycles. The van der Waals surface area contributed by atoms with E-state index in [0.29, 0.717) is 6.00 Å². The van der Waals surface area contributed by atoms with Crippen LogP contribution in [0.3, 0.4) is 0 Å². The highest BCUT2D eigenvalue weighted by molar-refractivity contribution is 6.30. The Morgan fingerprint density at radius 3 is 2.33 bits per heavy atom. The first-order chi connectivity index (χ1) is 5.72. The van der Waals surface area contributed by atoms with Gasteiger partial charge in [0.05, 0.1) is 6.00 Å². The summed E-state index contributed by atoms with van der Waals surface area (Å²) in [7, 11) is 1.97. The molecule has 0 aliphatic heterocycles. The van der Waals surface area contributed by atoms with E-state index in [1.54, 1.807) is 0 Å². The van der Waals surface area contributed by atoms with E-state index in [-0.39, 0.29) is 0 Å². The molecule has 1 aromatic rings. The third-order valence-corrected chi connectivity index (χ3v) is 2.23. The van der Waals surface area contributed by atoms with Crippen LogP contribution in [0, 0.1) is 0 Å². The summed E-state index contributed by atoms with van der Waals surface area (Å²) in [5.74, 6) is 0. The highest BCUT2D eigenvalue weighted by atomic mass is 35.5. The molecule has 0 aliphatic rings. The smallest absolute Gasteiger partial charge is 0.0738 e. The van der Waals surface area contributed by atoms with Crippen LogP contribution in [0.4, 0.5) is 0 Å². The largest absolute Gasteiger partial charge is 0.289 e. The number of nitrogens with zero attached hydrogens (tertiary/aromatic N) is 1. The summed E-state index contributed by atoms with van der Waals surface area (Å²) in [6, 6.07) is 8.33. The third kappa shape index (κ3) is 3.02. The Morgan fingerprint density at radius 2 is 1.83 bits per heavy atom. The lowest BCUT2D eigenvalue weighted by Crippen LogP contribution is -2.15. The monoisotopic (exact) mass is 203 g/mol. The second kappa shape index (κ2) is 4.70. The minimum Gasteiger partial charge on any atom is -0.289 e. The van der Waals surface area contributed by atoms with Crippen molar-refractivity contribution < 1.29 is 0 Å². The SMILES string of the molecule is CN(CCl)Cc1ccc(Cl)cc1. The Morgan fingerprint density at radius 1 is 1.25 bits per heavy atom. The van der Waals surface area contributed by atoms with Gasteiger partial charge in [-0.1, -0.05) is 23.7 Å². The highest BCUT2D eigenvalue weighted by Gasteiger charge is 1.97. The minimum absolute atomic E-state index is 0.544. The summed E-state index contributed by atoms with van der Waals surface area (Å²) < 4.78 is 0. The molecule has 0 saturated carbocycles. The molecular weight excluding hydrogens is 193 g/mol. The molecule has 0 bridgehead atoms. The summed E-state index contributed by atoms with van der Waals surface area (Å²) in [6.07, 6.45) is 0. The molecule has 0 aromatic heterocycles. The maximum absolute atomic E-state index is 5.74. The van der Waals surface area contributed by atoms with Crippen molar-refractivity contribution in [1.82, 2.24) is 4.90 Å². The molecule has 1 rings (SSSR count). The van der Waals surface area contributed by atoms with Gasteiger partial charge in [0.2, 0.25) is 0 Å². The van der Waals surface area contributed by atoms with Crippen molar-refractivity contribution >= 4 is 23.2 Å². The Hall–Kier alpha value is -0.240. The molecule has 0 saturated heterocycles. The zero-order valence-electron chi connectivity index (χ0n) is 6.93. The van der Waals surface area contributed by atoms with E-state index >= 15 is 0 Å². The van der Waals surface area contributed by atoms with Crippen molar-refractivity contribution in [2.24, 2.45) is 0 Å². The molecule has 0 spiro atoms. The van der Waals surface area contributed by atoms with Gasteiger partial charge in [0, 0.05) is 11.6 Å². The number of rotatable bonds is 3. The molecule has 66 valence electrons. The normalized spacial score (nSPS) is 10.7. The lowest BCUT2D eigenvalue weighted by Gasteiger charge is -2.11. The fourth-order valence-corrected chi connectivity index (χ4v) is 1.15. The van der Waals surface area contributed by atoms with Gasteiger partial charge in [-0.2, -0.15) is 0 Å². The second-order valence-corrected chi connectivity index (χ2v) is 3.44. The Kier molecular flexibility index (Phi) is 3.86. The number of alkyl halides is 1. The van der Waals surface area contributed by atoms with E-state index in [2.05, 4.69) is 0 Å². The fourth-order valence-electron chi connectivity index (χ4n) is 0.944. The van der Waals surface area contributed by atoms with E-state index in [4.69, 9.17) is 23.2 Å². The molecule has 0 fully saturated rings. The average Bonchev–Trinajstić information content (AvgIpc) is 2.09. The zero-order valence-corrected chi connectivity index (χ0v) is 8.44. The molecular formula is C9H11Cl2N. The molecule has 12 heavy (non-hydrogen) atoms. The predicted octanol–water partition coefficient (Wildman–Crippen LogP) is 2.97. The summed E-state index contributed by atoms with van der Waals surface area (Å²) in [5, 5.41) is 0.771. The second-order valence-electron chi connectivity index (χ2n) is 2.76. The number of hydrogen-bond donors (Lipinski definition) is 0. The zero-order chi connectivity index (χ0) is 8.97. The van der Waals surface area contributed by atoms with Crippen molar-refractivity contribution in [1.29, 1.82) is 0 Å². The Balaban J connectivity index is 2.58. The van der Waals surface area contributed by atoms with Gasteiger partial charge in [-0.25, -0.2) is 0 Å². The van der Waals surface area contributed by atoms with Crippen LogP contribution < -0.4 is 0 Å². The summed E-state index contributed by atoms with van der Waals surface area (Å²) in [6.45, 7) is 0.862. The van der Waals surface area contributed by atoms with Crippen LogP contribution >= 0.6 is 23.2 Å². The van der Waals surface area contributed by atoms with E-state index in [0.717, 1.165) is 11.6 Å². The highest BCUT2D eigenvalue weighted by Crippen LogP contribution is 2.10. The van der Waals surface area contributed by atoms with Crippen LogP contribution in [0.15, 0.2) is 24.3 Å². The van der Waals surface area contributed by atoms with E-state index in [1.165, 1.54) is 5.56 Å². The average molecular weight is 204 g/mol. The van der Waals surface area contributed by atoms with Crippen LogP contribution in [0.2, 0.25) is 5.02 Å². The molecule has 1 aromatic carbocycles. The quantitative estimate of drug-likeness (QED) is 0.540. The van der Waals surface area contributed by atoms with Crippen LogP contribution in [-0.2, 0) is 6.54 Å². The van der Waals surface area contributed by atoms with Crippen molar-refractivity contribution in [2.45, 2.75) is 6.54 Å². The fraction of sp³-hybridized carbons (Fsp3) is 0.333. The van der Waals surface area contributed by atoms with Gasteiger partial charge in [0.25, 0.3) is 0 Å². The van der Waals surface area contributed by atoms with Gasteiger partial charge >= 0.3 is 0 Å². The van der Waals surface area contributed by atoms with Crippen LogP contribution in [-0.4, -0.2) is 18.0 Å². The molecule has 0 heterocycles. The van der Waals surface area contributed by atoms with Gasteiger partial charge < -0.3 is 0 Å². The van der Waals surface area contributed by atoms with Crippen LogP contribution in [0.1, 0.15) is 5.56 Å². The van der Waals surface area contributed by atoms with Crippen molar-refractivity contribution in [3.63, 3.8) is 0 Å². The number of hydrogen-bond acceptors (Lipinski definition) is 1. The first-order valence-corrected chi connectivity index (χ1v) is 4.62. The Labute approximate surface area is 82.9 Å². The lowest BCUT2D eigenvalue weighted by atomic mass is 10.2. The summed E-state index contributed by atoms with van der Waals surface area (Å²) in [5.41, 5.74) is 1.22. The van der Waals surface area contributed by atoms with Gasteiger partial charge in [-0.15, -0.1) is 11.6 Å². The van der Waals surface area contributed by atoms with Crippen LogP contribution in [0.25, 0.3) is 0 Å². The van der Waals surface area contributed by atoms with Gasteiger partial charge in [-0.3, -0.25) is 4.90 Å². The summed E-state index contributed by atoms with van der Waals surface area (Å²) >= 11 is 11.4. The van der Waals surface area contributed by atoms with E-state index in [1.807, 2.05) is 36.2 Å². The first-order valence-electron chi connectivity index (χ1n) is 3.71. The lowest BCUT2D eigenvalue weighted by molar-refractivity contribution is 0.382. The van der Waals surface area contributed by atoms with Crippen molar-refractivity contribution in [3.05, 3.63) is 34.9 Å². The maximum atomic E-state index is 5.74. The third-order valence-electron chi connectivity index (χ3n) is 1.57. The number of benzene rings is 1. The van der Waals surface area contributed by atoms with Crippen molar-refractivity contribution in [3.8, 4) is 0 Å². The molecule has 0 N–H and O–H groups in total. The molecule has 0 unspecified atom stereocenters. The van der Waals surface area contributed by atoms with Gasteiger partial charge in [0.1, 0.15) is 0 Å². The standard InChI is InChI=1S/C9H11Cl2N/c1-12(7-10)6-8-2-4-9(11)5-3-8/h2-5H,6-7H2,1H3. The number of halogens is 2. The van der Waals surface area contributed by atoms with Crippen LogP contribution in [0.5, 0.6) is 0 Å². The molecule has 0 atom stereocenters. The van der Waals surface area contributed by atoms with E-state index in [9.17, 15) is 0 Å². The summed E-state index contributed by atoms with van der Waals surface area (Å²) in [4.78, 5) is 2.02. The topological polar surface area (TPSA) is 3.24 Å². The van der Waals surface area contributed by atoms with Gasteiger partial charge in [-0.05, 0) is 24.7 Å². The maximum Gasteiger partial charge on any atom is 0.0738 e. The molecule has 0 radical (unpaired) electrons. The molecule has 3 heteroatoms. The minimum atomic E-state index is 0.544. The molecule has 1 nitrogen and oxygen atoms in total. The van der Waals surface area contributed by atoms with E-state index < -0.39 is 0 Å². The van der Waals surface area contributed by atoms with Gasteiger partial charge in [0.15, 0.2) is 0 Å². The van der Waals surface area contributed by atoms with Crippen molar-refractivity contribution in [2.75, 3.05) is 13.1 Å². The molecule has 0 amide bonds. The first kappa shape index (κ1) is 9.85.